The number of rotatable bonds is 6. The minimum Gasteiger partial charge on any atom is -0.327 e. The van der Waals surface area contributed by atoms with Gasteiger partial charge in [-0.2, -0.15) is 5.10 Å². The van der Waals surface area contributed by atoms with Crippen LogP contribution in [-0.4, -0.2) is 30.9 Å². The quantitative estimate of drug-likeness (QED) is 0.697. The maximum absolute atomic E-state index is 4.70. The smallest absolute Gasteiger partial charge is 0.151 e. The number of benzene rings is 1. The van der Waals surface area contributed by atoms with Crippen molar-refractivity contribution < 1.29 is 0 Å². The van der Waals surface area contributed by atoms with Crippen LogP contribution in [0.4, 0.5) is 0 Å². The van der Waals surface area contributed by atoms with Gasteiger partial charge in [0.1, 0.15) is 12.2 Å². The fourth-order valence-corrected chi connectivity index (χ4v) is 2.51. The van der Waals surface area contributed by atoms with Crippen molar-refractivity contribution >= 4 is 11.0 Å². The lowest BCUT2D eigenvalue weighted by molar-refractivity contribution is 0.611. The monoisotopic (exact) mass is 284 g/mol. The first-order valence-electron chi connectivity index (χ1n) is 7.27. The maximum Gasteiger partial charge on any atom is 0.151 e. The molecule has 1 N–H and O–H groups in total. The van der Waals surface area contributed by atoms with Gasteiger partial charge in [0, 0.05) is 26.6 Å². The molecule has 0 saturated heterocycles. The third-order valence-corrected chi connectivity index (χ3v) is 3.51. The van der Waals surface area contributed by atoms with E-state index in [1.807, 2.05) is 13.1 Å². The third kappa shape index (κ3) is 2.95. The minimum atomic E-state index is 0.759. The van der Waals surface area contributed by atoms with Crippen LogP contribution in [0.5, 0.6) is 0 Å². The van der Waals surface area contributed by atoms with E-state index in [-0.39, 0.29) is 0 Å². The zero-order chi connectivity index (χ0) is 14.7. The lowest BCUT2D eigenvalue weighted by Gasteiger charge is -2.06. The number of aryl methyl sites for hydroxylation is 2. The minimum absolute atomic E-state index is 0.759. The van der Waals surface area contributed by atoms with E-state index < -0.39 is 0 Å². The molecule has 110 valence electrons. The Labute approximate surface area is 123 Å². The Hall–Kier alpha value is -2.21. The van der Waals surface area contributed by atoms with Gasteiger partial charge >= 0.3 is 0 Å². The van der Waals surface area contributed by atoms with Crippen LogP contribution in [-0.2, 0) is 26.6 Å². The maximum atomic E-state index is 4.70. The molecule has 3 aromatic rings. The molecule has 0 bridgehead atoms. The van der Waals surface area contributed by atoms with Crippen molar-refractivity contribution in [3.63, 3.8) is 0 Å². The normalized spacial score (nSPS) is 11.3. The van der Waals surface area contributed by atoms with Gasteiger partial charge in [-0.05, 0) is 19.1 Å². The second-order valence-electron chi connectivity index (χ2n) is 5.02. The summed E-state index contributed by atoms with van der Waals surface area (Å²) in [6.07, 6.45) is 2.55. The van der Waals surface area contributed by atoms with Crippen LogP contribution in [0.1, 0.15) is 18.6 Å². The van der Waals surface area contributed by atoms with E-state index in [0.717, 1.165) is 43.2 Å². The molecular weight excluding hydrogens is 264 g/mol. The van der Waals surface area contributed by atoms with E-state index in [1.165, 1.54) is 5.52 Å². The van der Waals surface area contributed by atoms with E-state index in [0.29, 0.717) is 0 Å². The summed E-state index contributed by atoms with van der Waals surface area (Å²) in [6, 6.07) is 8.26. The molecule has 0 saturated carbocycles. The van der Waals surface area contributed by atoms with Crippen LogP contribution in [0.3, 0.4) is 0 Å². The Morgan fingerprint density at radius 3 is 2.86 bits per heavy atom. The van der Waals surface area contributed by atoms with Crippen molar-refractivity contribution in [3.8, 4) is 0 Å². The summed E-state index contributed by atoms with van der Waals surface area (Å²) in [5.74, 6) is 1.95. The largest absolute Gasteiger partial charge is 0.327 e. The topological polar surface area (TPSA) is 60.6 Å². The summed E-state index contributed by atoms with van der Waals surface area (Å²) in [4.78, 5) is 8.92. The van der Waals surface area contributed by atoms with Gasteiger partial charge in [0.2, 0.25) is 0 Å². The number of para-hydroxylation sites is 2. The lowest BCUT2D eigenvalue weighted by Crippen LogP contribution is -2.20. The molecule has 1 aromatic carbocycles. The number of nitrogens with one attached hydrogen (secondary N) is 1. The van der Waals surface area contributed by atoms with Gasteiger partial charge in [-0.1, -0.05) is 12.1 Å². The van der Waals surface area contributed by atoms with Gasteiger partial charge in [0.15, 0.2) is 5.82 Å². The second-order valence-corrected chi connectivity index (χ2v) is 5.02. The molecule has 21 heavy (non-hydrogen) atoms. The van der Waals surface area contributed by atoms with Crippen LogP contribution >= 0.6 is 0 Å². The average Bonchev–Trinajstić information content (AvgIpc) is 3.06. The number of hydrogen-bond acceptors (Lipinski definition) is 4. The molecule has 6 heteroatoms. The third-order valence-electron chi connectivity index (χ3n) is 3.51. The molecule has 0 aliphatic rings. The highest BCUT2D eigenvalue weighted by molar-refractivity contribution is 5.75. The van der Waals surface area contributed by atoms with E-state index in [4.69, 9.17) is 4.98 Å². The number of imidazole rings is 1. The first-order valence-corrected chi connectivity index (χ1v) is 7.27. The molecule has 0 aliphatic carbocycles. The summed E-state index contributed by atoms with van der Waals surface area (Å²) >= 11 is 0. The van der Waals surface area contributed by atoms with Crippen molar-refractivity contribution in [2.45, 2.75) is 26.4 Å². The van der Waals surface area contributed by atoms with E-state index in [9.17, 15) is 0 Å². The Morgan fingerprint density at radius 1 is 1.24 bits per heavy atom. The second kappa shape index (κ2) is 6.05. The van der Waals surface area contributed by atoms with Gasteiger partial charge in [-0.25, -0.2) is 9.97 Å². The van der Waals surface area contributed by atoms with Crippen molar-refractivity contribution in [1.82, 2.24) is 29.6 Å². The van der Waals surface area contributed by atoms with Crippen molar-refractivity contribution in [2.75, 3.05) is 6.54 Å². The standard InChI is InChI=1S/C15H20N6/c1-3-21-13-7-5-4-6-12(13)18-15(21)10-16-9-8-14-17-11-20(2)19-14/h4-7,11,16H,3,8-10H2,1-2H3. The first-order chi connectivity index (χ1) is 10.3. The Bertz CT molecular complexity index is 727. The average molecular weight is 284 g/mol. The van der Waals surface area contributed by atoms with Crippen LogP contribution < -0.4 is 5.32 Å². The highest BCUT2D eigenvalue weighted by Crippen LogP contribution is 2.15. The van der Waals surface area contributed by atoms with Crippen LogP contribution in [0.15, 0.2) is 30.6 Å². The van der Waals surface area contributed by atoms with Crippen molar-refractivity contribution in [2.24, 2.45) is 7.05 Å². The molecule has 0 fully saturated rings. The van der Waals surface area contributed by atoms with Gasteiger partial charge in [0.25, 0.3) is 0 Å². The Kier molecular flexibility index (Phi) is 3.96. The molecule has 0 atom stereocenters. The molecule has 0 radical (unpaired) electrons. The van der Waals surface area contributed by atoms with Crippen molar-refractivity contribution in [3.05, 3.63) is 42.2 Å². The highest BCUT2D eigenvalue weighted by Gasteiger charge is 2.08. The van der Waals surface area contributed by atoms with Gasteiger partial charge in [-0.3, -0.25) is 4.68 Å². The fraction of sp³-hybridized carbons (Fsp3) is 0.400. The number of fused-ring (bicyclic) bond motifs is 1. The molecule has 2 heterocycles. The molecule has 2 aromatic heterocycles. The van der Waals surface area contributed by atoms with Gasteiger partial charge in [0.05, 0.1) is 17.6 Å². The first kappa shape index (κ1) is 13.8. The zero-order valence-electron chi connectivity index (χ0n) is 12.5. The number of aromatic nitrogens is 5. The summed E-state index contributed by atoms with van der Waals surface area (Å²) in [6.45, 7) is 4.68. The van der Waals surface area contributed by atoms with Gasteiger partial charge in [-0.15, -0.1) is 0 Å². The highest BCUT2D eigenvalue weighted by atomic mass is 15.3. The molecule has 0 amide bonds. The lowest BCUT2D eigenvalue weighted by atomic mass is 10.3. The van der Waals surface area contributed by atoms with E-state index >= 15 is 0 Å². The summed E-state index contributed by atoms with van der Waals surface area (Å²) in [7, 11) is 1.88. The molecule has 3 rings (SSSR count). The van der Waals surface area contributed by atoms with E-state index in [1.54, 1.807) is 11.0 Å². The van der Waals surface area contributed by atoms with Crippen LogP contribution in [0, 0.1) is 0 Å². The fourth-order valence-electron chi connectivity index (χ4n) is 2.51. The summed E-state index contributed by atoms with van der Waals surface area (Å²) < 4.78 is 3.98. The van der Waals surface area contributed by atoms with Crippen molar-refractivity contribution in [1.29, 1.82) is 0 Å². The molecule has 6 nitrogen and oxygen atoms in total. The van der Waals surface area contributed by atoms with E-state index in [2.05, 4.69) is 45.1 Å². The molecule has 0 spiro atoms. The molecule has 0 aliphatic heterocycles. The zero-order valence-corrected chi connectivity index (χ0v) is 12.5. The Morgan fingerprint density at radius 2 is 2.10 bits per heavy atom. The molecular formula is C15H20N6. The summed E-state index contributed by atoms with van der Waals surface area (Å²) in [5, 5.41) is 7.69. The number of nitrogens with zero attached hydrogens (tertiary/aromatic N) is 5. The number of hydrogen-bond donors (Lipinski definition) is 1. The van der Waals surface area contributed by atoms with Gasteiger partial charge < -0.3 is 9.88 Å². The SMILES string of the molecule is CCn1c(CNCCc2ncn(C)n2)nc2ccccc21. The predicted octanol–water partition coefficient (Wildman–Crippen LogP) is 1.52. The van der Waals surface area contributed by atoms with Crippen LogP contribution in [0.2, 0.25) is 0 Å². The Balaban J connectivity index is 1.62. The van der Waals surface area contributed by atoms with Crippen LogP contribution in [0.25, 0.3) is 11.0 Å². The molecule has 0 unspecified atom stereocenters. The summed E-state index contributed by atoms with van der Waals surface area (Å²) in [5.41, 5.74) is 2.26. The predicted molar refractivity (Wildman–Crippen MR) is 81.8 cm³/mol.